The number of imidazole rings is 1. The van der Waals surface area contributed by atoms with E-state index >= 15 is 0 Å². The molecule has 4 nitrogen and oxygen atoms in total. The molecule has 0 aromatic carbocycles. The molecule has 0 saturated heterocycles. The molecule has 0 fully saturated rings. The summed E-state index contributed by atoms with van der Waals surface area (Å²) >= 11 is 0. The van der Waals surface area contributed by atoms with Crippen LogP contribution in [0.2, 0.25) is 0 Å². The Balaban J connectivity index is 2.62. The minimum absolute atomic E-state index is 0.247. The predicted molar refractivity (Wildman–Crippen MR) is 54.4 cm³/mol. The van der Waals surface area contributed by atoms with Crippen molar-refractivity contribution in [1.29, 1.82) is 0 Å². The Bertz CT molecular complexity index is 462. The van der Waals surface area contributed by atoms with Crippen molar-refractivity contribution in [1.82, 2.24) is 9.38 Å². The summed E-state index contributed by atoms with van der Waals surface area (Å²) in [6.45, 7) is 2.57. The molecule has 2 aromatic heterocycles. The first-order valence-corrected chi connectivity index (χ1v) is 4.59. The Morgan fingerprint density at radius 3 is 3.00 bits per heavy atom. The van der Waals surface area contributed by atoms with E-state index in [-0.39, 0.29) is 5.75 Å². The lowest BCUT2D eigenvalue weighted by Crippen LogP contribution is -2.04. The third kappa shape index (κ3) is 1.33. The van der Waals surface area contributed by atoms with Crippen molar-refractivity contribution in [2.75, 3.05) is 6.54 Å². The van der Waals surface area contributed by atoms with E-state index in [0.717, 1.165) is 23.5 Å². The Kier molecular flexibility index (Phi) is 2.13. The summed E-state index contributed by atoms with van der Waals surface area (Å²) in [7, 11) is 0. The maximum Gasteiger partial charge on any atom is 0.137 e. The molecular formula is C10H13N3O. The van der Waals surface area contributed by atoms with Crippen LogP contribution in [0, 0.1) is 6.92 Å². The normalized spacial score (nSPS) is 11.0. The first-order valence-electron chi connectivity index (χ1n) is 4.59. The number of pyridine rings is 1. The number of aromatic nitrogens is 2. The van der Waals surface area contributed by atoms with E-state index in [9.17, 15) is 5.11 Å². The van der Waals surface area contributed by atoms with Gasteiger partial charge in [0, 0.05) is 12.1 Å². The average molecular weight is 191 g/mol. The SMILES string of the molecule is Cc1c(CCN)nc2ccc(O)cn12. The third-order valence-electron chi connectivity index (χ3n) is 2.32. The predicted octanol–water partition coefficient (Wildman–Crippen LogP) is 0.850. The van der Waals surface area contributed by atoms with Gasteiger partial charge >= 0.3 is 0 Å². The first-order chi connectivity index (χ1) is 6.72. The molecule has 3 N–H and O–H groups in total. The monoisotopic (exact) mass is 191 g/mol. The lowest BCUT2D eigenvalue weighted by atomic mass is 10.2. The fourth-order valence-electron chi connectivity index (χ4n) is 1.57. The Morgan fingerprint density at radius 1 is 1.50 bits per heavy atom. The zero-order valence-electron chi connectivity index (χ0n) is 8.07. The molecule has 74 valence electrons. The first kappa shape index (κ1) is 9.02. The van der Waals surface area contributed by atoms with E-state index in [1.807, 2.05) is 11.3 Å². The Morgan fingerprint density at radius 2 is 2.29 bits per heavy atom. The number of hydrogen-bond donors (Lipinski definition) is 2. The van der Waals surface area contributed by atoms with Crippen LogP contribution in [-0.4, -0.2) is 21.0 Å². The standard InChI is InChI=1S/C10H13N3O/c1-7-9(4-5-11)12-10-3-2-8(14)6-13(7)10/h2-3,6,14H,4-5,11H2,1H3. The van der Waals surface area contributed by atoms with Crippen molar-refractivity contribution in [3.63, 3.8) is 0 Å². The number of nitrogens with two attached hydrogens (primary N) is 1. The lowest BCUT2D eigenvalue weighted by Gasteiger charge is -1.97. The smallest absolute Gasteiger partial charge is 0.137 e. The van der Waals surface area contributed by atoms with Gasteiger partial charge in [0.15, 0.2) is 0 Å². The Labute approximate surface area is 82.0 Å². The van der Waals surface area contributed by atoms with E-state index in [1.165, 1.54) is 0 Å². The third-order valence-corrected chi connectivity index (χ3v) is 2.32. The van der Waals surface area contributed by atoms with Gasteiger partial charge in [-0.2, -0.15) is 0 Å². The van der Waals surface area contributed by atoms with E-state index in [4.69, 9.17) is 5.73 Å². The molecule has 0 spiro atoms. The molecule has 0 atom stereocenters. The van der Waals surface area contributed by atoms with Gasteiger partial charge in [0.1, 0.15) is 11.4 Å². The summed E-state index contributed by atoms with van der Waals surface area (Å²) in [4.78, 5) is 4.41. The molecule has 0 saturated carbocycles. The highest BCUT2D eigenvalue weighted by atomic mass is 16.3. The number of fused-ring (bicyclic) bond motifs is 1. The molecule has 0 aliphatic rings. The van der Waals surface area contributed by atoms with E-state index in [1.54, 1.807) is 18.3 Å². The number of nitrogens with zero attached hydrogens (tertiary/aromatic N) is 2. The van der Waals surface area contributed by atoms with Gasteiger partial charge in [0.25, 0.3) is 0 Å². The van der Waals surface area contributed by atoms with E-state index in [2.05, 4.69) is 4.98 Å². The van der Waals surface area contributed by atoms with Gasteiger partial charge in [0.05, 0.1) is 11.9 Å². The average Bonchev–Trinajstić information content (AvgIpc) is 2.46. The molecule has 14 heavy (non-hydrogen) atoms. The number of aromatic hydroxyl groups is 1. The summed E-state index contributed by atoms with van der Waals surface area (Å²) in [5.74, 6) is 0.247. The maximum atomic E-state index is 9.32. The van der Waals surface area contributed by atoms with Gasteiger partial charge in [-0.05, 0) is 25.6 Å². The molecule has 0 amide bonds. The summed E-state index contributed by atoms with van der Waals surface area (Å²) in [5, 5.41) is 9.32. The topological polar surface area (TPSA) is 63.5 Å². The molecule has 0 bridgehead atoms. The van der Waals surface area contributed by atoms with E-state index < -0.39 is 0 Å². The largest absolute Gasteiger partial charge is 0.506 e. The van der Waals surface area contributed by atoms with Crippen LogP contribution in [0.1, 0.15) is 11.4 Å². The second kappa shape index (κ2) is 3.31. The molecule has 2 rings (SSSR count). The van der Waals surface area contributed by atoms with Gasteiger partial charge in [0.2, 0.25) is 0 Å². The highest BCUT2D eigenvalue weighted by molar-refractivity contribution is 5.45. The van der Waals surface area contributed by atoms with Crippen molar-refractivity contribution in [3.8, 4) is 5.75 Å². The van der Waals surface area contributed by atoms with Gasteiger partial charge in [-0.1, -0.05) is 0 Å². The summed E-state index contributed by atoms with van der Waals surface area (Å²) in [6, 6.07) is 3.43. The molecule has 2 aromatic rings. The maximum absolute atomic E-state index is 9.32. The lowest BCUT2D eigenvalue weighted by molar-refractivity contribution is 0.471. The zero-order chi connectivity index (χ0) is 10.1. The number of hydrogen-bond acceptors (Lipinski definition) is 3. The summed E-state index contributed by atoms with van der Waals surface area (Å²) in [5.41, 5.74) is 8.37. The minimum Gasteiger partial charge on any atom is -0.506 e. The highest BCUT2D eigenvalue weighted by Crippen LogP contribution is 2.16. The number of rotatable bonds is 2. The van der Waals surface area contributed by atoms with Crippen LogP contribution in [0.4, 0.5) is 0 Å². The van der Waals surface area contributed by atoms with Crippen LogP contribution in [0.25, 0.3) is 5.65 Å². The van der Waals surface area contributed by atoms with Gasteiger partial charge < -0.3 is 15.2 Å². The quantitative estimate of drug-likeness (QED) is 0.739. The van der Waals surface area contributed by atoms with Gasteiger partial charge in [-0.15, -0.1) is 0 Å². The molecule has 0 unspecified atom stereocenters. The molecule has 0 aliphatic carbocycles. The fourth-order valence-corrected chi connectivity index (χ4v) is 1.57. The van der Waals surface area contributed by atoms with Crippen LogP contribution in [0.3, 0.4) is 0 Å². The van der Waals surface area contributed by atoms with Crippen LogP contribution in [-0.2, 0) is 6.42 Å². The van der Waals surface area contributed by atoms with Crippen LogP contribution in [0.5, 0.6) is 5.75 Å². The Hall–Kier alpha value is -1.55. The molecule has 0 aliphatic heterocycles. The van der Waals surface area contributed by atoms with E-state index in [0.29, 0.717) is 6.54 Å². The minimum atomic E-state index is 0.247. The van der Waals surface area contributed by atoms with Crippen molar-refractivity contribution in [2.24, 2.45) is 5.73 Å². The second-order valence-electron chi connectivity index (χ2n) is 3.30. The van der Waals surface area contributed by atoms with Gasteiger partial charge in [-0.25, -0.2) is 4.98 Å². The molecule has 4 heteroatoms. The highest BCUT2D eigenvalue weighted by Gasteiger charge is 2.06. The van der Waals surface area contributed by atoms with Crippen molar-refractivity contribution in [2.45, 2.75) is 13.3 Å². The van der Waals surface area contributed by atoms with Crippen molar-refractivity contribution in [3.05, 3.63) is 29.7 Å². The zero-order valence-corrected chi connectivity index (χ0v) is 8.07. The fraction of sp³-hybridized carbons (Fsp3) is 0.300. The van der Waals surface area contributed by atoms with Crippen LogP contribution < -0.4 is 5.73 Å². The van der Waals surface area contributed by atoms with Crippen LogP contribution >= 0.6 is 0 Å². The van der Waals surface area contributed by atoms with Crippen LogP contribution in [0.15, 0.2) is 18.3 Å². The molecule has 0 radical (unpaired) electrons. The van der Waals surface area contributed by atoms with Gasteiger partial charge in [-0.3, -0.25) is 0 Å². The molecule has 2 heterocycles. The summed E-state index contributed by atoms with van der Waals surface area (Å²) in [6.07, 6.45) is 2.44. The van der Waals surface area contributed by atoms with Crippen molar-refractivity contribution >= 4 is 5.65 Å². The van der Waals surface area contributed by atoms with Crippen molar-refractivity contribution < 1.29 is 5.11 Å². The second-order valence-corrected chi connectivity index (χ2v) is 3.30. The summed E-state index contributed by atoms with van der Waals surface area (Å²) < 4.78 is 1.88. The molecular weight excluding hydrogens is 178 g/mol. The number of aryl methyl sites for hydroxylation is 1.